The van der Waals surface area contributed by atoms with Gasteiger partial charge < -0.3 is 14.6 Å². The highest BCUT2D eigenvalue weighted by molar-refractivity contribution is 6.04. The summed E-state index contributed by atoms with van der Waals surface area (Å²) in [5.41, 5.74) is 1.59. The number of para-hydroxylation sites is 1. The molecule has 0 radical (unpaired) electrons. The number of hydrogen-bond acceptors (Lipinski definition) is 5. The maximum atomic E-state index is 12.6. The van der Waals surface area contributed by atoms with E-state index in [4.69, 9.17) is 14.6 Å². The third-order valence-electron chi connectivity index (χ3n) is 4.42. The monoisotopic (exact) mass is 383 g/mol. The Morgan fingerprint density at radius 3 is 2.68 bits per heavy atom. The Labute approximate surface area is 162 Å². The Morgan fingerprint density at radius 1 is 1.21 bits per heavy atom. The highest BCUT2D eigenvalue weighted by atomic mass is 16.5. The molecular weight excluding hydrogens is 362 g/mol. The zero-order chi connectivity index (χ0) is 20.3. The number of ketones is 1. The van der Waals surface area contributed by atoms with Crippen LogP contribution in [0.4, 0.5) is 5.69 Å². The van der Waals surface area contributed by atoms with Crippen molar-refractivity contribution < 1.29 is 29.0 Å². The number of amides is 1. The van der Waals surface area contributed by atoms with Gasteiger partial charge in [0, 0.05) is 5.56 Å². The molecule has 0 saturated heterocycles. The second-order valence-electron chi connectivity index (χ2n) is 6.75. The molecule has 0 aliphatic carbocycles. The predicted octanol–water partition coefficient (Wildman–Crippen LogP) is 2.88. The highest BCUT2D eigenvalue weighted by Crippen LogP contribution is 2.33. The number of Topliss-reactive ketones (excluding diaryl/α,β-unsaturated/α-hetero) is 1. The summed E-state index contributed by atoms with van der Waals surface area (Å²) in [7, 11) is 0. The molecule has 146 valence electrons. The van der Waals surface area contributed by atoms with Gasteiger partial charge in [0.15, 0.2) is 19.0 Å². The molecule has 1 N–H and O–H groups in total. The average Bonchev–Trinajstić information content (AvgIpc) is 2.67. The van der Waals surface area contributed by atoms with Gasteiger partial charge in [0.05, 0.1) is 5.69 Å². The molecule has 1 amide bonds. The third kappa shape index (κ3) is 4.14. The van der Waals surface area contributed by atoms with Crippen molar-refractivity contribution in [3.05, 3.63) is 53.6 Å². The van der Waals surface area contributed by atoms with E-state index in [9.17, 15) is 14.4 Å². The quantitative estimate of drug-likeness (QED) is 0.739. The van der Waals surface area contributed by atoms with E-state index in [-0.39, 0.29) is 30.6 Å². The van der Waals surface area contributed by atoms with Crippen molar-refractivity contribution >= 4 is 23.3 Å². The second-order valence-corrected chi connectivity index (χ2v) is 6.75. The lowest BCUT2D eigenvalue weighted by molar-refractivity contribution is -0.137. The van der Waals surface area contributed by atoms with Gasteiger partial charge in [0.1, 0.15) is 18.0 Å². The summed E-state index contributed by atoms with van der Waals surface area (Å²) in [5.74, 6) is -0.635. The molecule has 7 nitrogen and oxygen atoms in total. The van der Waals surface area contributed by atoms with Gasteiger partial charge in [0.25, 0.3) is 5.91 Å². The summed E-state index contributed by atoms with van der Waals surface area (Å²) < 4.78 is 11.0. The maximum Gasteiger partial charge on any atom is 0.323 e. The zero-order valence-electron chi connectivity index (χ0n) is 15.7. The van der Waals surface area contributed by atoms with Crippen LogP contribution in [-0.2, 0) is 9.59 Å². The summed E-state index contributed by atoms with van der Waals surface area (Å²) in [6.45, 7) is 3.19. The number of carboxylic acids is 1. The molecule has 0 aromatic heterocycles. The van der Waals surface area contributed by atoms with Gasteiger partial charge in [-0.1, -0.05) is 32.0 Å². The smallest absolute Gasteiger partial charge is 0.323 e. The van der Waals surface area contributed by atoms with Gasteiger partial charge in [-0.2, -0.15) is 0 Å². The Morgan fingerprint density at radius 2 is 1.96 bits per heavy atom. The van der Waals surface area contributed by atoms with Crippen LogP contribution < -0.4 is 14.4 Å². The normalized spacial score (nSPS) is 13.1. The first-order valence-electron chi connectivity index (χ1n) is 8.90. The SMILES string of the molecule is CC(C)c1ccccc1OCC(=O)c1ccc2c(c1)N(CC(=O)O)C(=O)CO2. The van der Waals surface area contributed by atoms with Crippen LogP contribution in [0.2, 0.25) is 0 Å². The molecule has 0 bridgehead atoms. The van der Waals surface area contributed by atoms with Crippen molar-refractivity contribution in [2.75, 3.05) is 24.7 Å². The number of carbonyl (C=O) groups excluding carboxylic acids is 2. The number of rotatable bonds is 7. The first-order valence-corrected chi connectivity index (χ1v) is 8.90. The van der Waals surface area contributed by atoms with E-state index in [1.165, 1.54) is 6.07 Å². The molecule has 1 heterocycles. The molecular formula is C21H21NO6. The summed E-state index contributed by atoms with van der Waals surface area (Å²) in [4.78, 5) is 36.8. The molecule has 1 aliphatic rings. The number of nitrogens with zero attached hydrogens (tertiary/aromatic N) is 1. The molecule has 28 heavy (non-hydrogen) atoms. The molecule has 7 heteroatoms. The van der Waals surface area contributed by atoms with Crippen LogP contribution >= 0.6 is 0 Å². The molecule has 0 saturated carbocycles. The fraction of sp³-hybridized carbons (Fsp3) is 0.286. The van der Waals surface area contributed by atoms with Crippen molar-refractivity contribution in [3.8, 4) is 11.5 Å². The van der Waals surface area contributed by atoms with Gasteiger partial charge in [-0.05, 0) is 35.7 Å². The summed E-state index contributed by atoms with van der Waals surface area (Å²) in [5, 5.41) is 9.05. The van der Waals surface area contributed by atoms with E-state index in [0.29, 0.717) is 17.1 Å². The number of benzene rings is 2. The Balaban J connectivity index is 1.79. The lowest BCUT2D eigenvalue weighted by Gasteiger charge is -2.28. The molecule has 1 aliphatic heterocycles. The van der Waals surface area contributed by atoms with Crippen LogP contribution in [0.25, 0.3) is 0 Å². The molecule has 0 fully saturated rings. The molecule has 2 aromatic carbocycles. The topological polar surface area (TPSA) is 93.1 Å². The number of anilines is 1. The summed E-state index contributed by atoms with van der Waals surface area (Å²) >= 11 is 0. The van der Waals surface area contributed by atoms with E-state index >= 15 is 0 Å². The maximum absolute atomic E-state index is 12.6. The number of ether oxygens (including phenoxy) is 2. The lowest BCUT2D eigenvalue weighted by atomic mass is 10.0. The largest absolute Gasteiger partial charge is 0.485 e. The third-order valence-corrected chi connectivity index (χ3v) is 4.42. The van der Waals surface area contributed by atoms with Crippen LogP contribution in [0.5, 0.6) is 11.5 Å². The van der Waals surface area contributed by atoms with Crippen molar-refractivity contribution in [1.82, 2.24) is 0 Å². The number of carboxylic acid groups (broad SMARTS) is 1. The number of carbonyl (C=O) groups is 3. The van der Waals surface area contributed by atoms with Crippen molar-refractivity contribution in [2.24, 2.45) is 0 Å². The highest BCUT2D eigenvalue weighted by Gasteiger charge is 2.28. The summed E-state index contributed by atoms with van der Waals surface area (Å²) in [6.07, 6.45) is 0. The Bertz CT molecular complexity index is 921. The van der Waals surface area contributed by atoms with Crippen LogP contribution in [0.3, 0.4) is 0 Å². The first-order chi connectivity index (χ1) is 13.4. The van der Waals surface area contributed by atoms with Gasteiger partial charge >= 0.3 is 5.97 Å². The van der Waals surface area contributed by atoms with Crippen LogP contribution in [0.1, 0.15) is 35.7 Å². The van der Waals surface area contributed by atoms with Gasteiger partial charge in [-0.15, -0.1) is 0 Å². The molecule has 2 aromatic rings. The predicted molar refractivity (Wildman–Crippen MR) is 102 cm³/mol. The molecule has 0 spiro atoms. The zero-order valence-corrected chi connectivity index (χ0v) is 15.7. The minimum absolute atomic E-state index is 0.170. The van der Waals surface area contributed by atoms with Gasteiger partial charge in [0.2, 0.25) is 0 Å². The average molecular weight is 383 g/mol. The second kappa shape index (κ2) is 8.12. The van der Waals surface area contributed by atoms with Gasteiger partial charge in [-0.3, -0.25) is 19.3 Å². The van der Waals surface area contributed by atoms with Crippen molar-refractivity contribution in [1.29, 1.82) is 0 Å². The Hall–Kier alpha value is -3.35. The minimum atomic E-state index is -1.15. The number of fused-ring (bicyclic) bond motifs is 1. The van der Waals surface area contributed by atoms with Crippen molar-refractivity contribution in [3.63, 3.8) is 0 Å². The number of aliphatic carboxylic acids is 1. The van der Waals surface area contributed by atoms with Crippen LogP contribution in [0.15, 0.2) is 42.5 Å². The molecule has 0 atom stereocenters. The van der Waals surface area contributed by atoms with E-state index in [2.05, 4.69) is 0 Å². The molecule has 3 rings (SSSR count). The van der Waals surface area contributed by atoms with Crippen LogP contribution in [0, 0.1) is 0 Å². The van der Waals surface area contributed by atoms with E-state index in [0.717, 1.165) is 10.5 Å². The van der Waals surface area contributed by atoms with E-state index in [1.54, 1.807) is 12.1 Å². The molecule has 0 unspecified atom stereocenters. The fourth-order valence-corrected chi connectivity index (χ4v) is 3.00. The van der Waals surface area contributed by atoms with Crippen LogP contribution in [-0.4, -0.2) is 42.5 Å². The van der Waals surface area contributed by atoms with E-state index < -0.39 is 18.4 Å². The van der Waals surface area contributed by atoms with Gasteiger partial charge in [-0.25, -0.2) is 0 Å². The fourth-order valence-electron chi connectivity index (χ4n) is 3.00. The lowest BCUT2D eigenvalue weighted by Crippen LogP contribution is -2.42. The Kier molecular flexibility index (Phi) is 5.63. The van der Waals surface area contributed by atoms with Crippen molar-refractivity contribution in [2.45, 2.75) is 19.8 Å². The summed E-state index contributed by atoms with van der Waals surface area (Å²) in [6, 6.07) is 12.1. The van der Waals surface area contributed by atoms with E-state index in [1.807, 2.05) is 38.1 Å². The first kappa shape index (κ1) is 19.4. The standard InChI is InChI=1S/C21H21NO6/c1-13(2)15-5-3-4-6-18(15)27-11-17(23)14-7-8-19-16(9-14)22(10-21(25)26)20(24)12-28-19/h3-9,13H,10-12H2,1-2H3,(H,25,26). The minimum Gasteiger partial charge on any atom is -0.485 e. The number of hydrogen-bond donors (Lipinski definition) is 1.